The zero-order valence-electron chi connectivity index (χ0n) is 14.0. The molecule has 6 heteroatoms. The van der Waals surface area contributed by atoms with Crippen molar-refractivity contribution in [2.75, 3.05) is 27.1 Å². The predicted octanol–water partition coefficient (Wildman–Crippen LogP) is 3.00. The fourth-order valence-corrected chi connectivity index (χ4v) is 3.88. The van der Waals surface area contributed by atoms with Crippen LogP contribution in [0.1, 0.15) is 31.2 Å². The maximum atomic E-state index is 12.0. The molecule has 0 bridgehead atoms. The molecule has 0 aromatic heterocycles. The first-order valence-corrected chi connectivity index (χ1v) is 8.90. The Labute approximate surface area is 142 Å². The van der Waals surface area contributed by atoms with E-state index in [1.54, 1.807) is 39.2 Å². The van der Waals surface area contributed by atoms with Gasteiger partial charge in [0.1, 0.15) is 5.75 Å². The molecule has 128 valence electrons. The summed E-state index contributed by atoms with van der Waals surface area (Å²) in [7, 11) is 4.77. The number of amides is 1. The summed E-state index contributed by atoms with van der Waals surface area (Å²) in [5.74, 6) is 2.47. The maximum Gasteiger partial charge on any atom is 0.230 e. The van der Waals surface area contributed by atoms with Gasteiger partial charge in [-0.15, -0.1) is 11.8 Å². The fourth-order valence-electron chi connectivity index (χ4n) is 2.72. The third-order valence-electron chi connectivity index (χ3n) is 4.01. The lowest BCUT2D eigenvalue weighted by atomic mass is 10.1. The topological polar surface area (TPSA) is 56.8 Å². The number of benzene rings is 1. The molecule has 0 saturated heterocycles. The van der Waals surface area contributed by atoms with Crippen molar-refractivity contribution in [2.45, 2.75) is 37.5 Å². The molecule has 1 saturated carbocycles. The van der Waals surface area contributed by atoms with E-state index in [0.29, 0.717) is 34.8 Å². The molecular weight excluding hydrogens is 314 g/mol. The monoisotopic (exact) mass is 339 g/mol. The van der Waals surface area contributed by atoms with Crippen LogP contribution in [-0.4, -0.2) is 38.2 Å². The van der Waals surface area contributed by atoms with Crippen LogP contribution in [0.2, 0.25) is 0 Å². The zero-order chi connectivity index (χ0) is 16.7. The van der Waals surface area contributed by atoms with E-state index in [0.717, 1.165) is 5.56 Å². The van der Waals surface area contributed by atoms with Gasteiger partial charge in [0.15, 0.2) is 11.5 Å². The summed E-state index contributed by atoms with van der Waals surface area (Å²) < 4.78 is 15.9. The average molecular weight is 339 g/mol. The molecule has 1 aliphatic rings. The number of hydrogen-bond donors (Lipinski definition) is 1. The van der Waals surface area contributed by atoms with Crippen LogP contribution in [-0.2, 0) is 11.3 Å². The lowest BCUT2D eigenvalue weighted by molar-refractivity contribution is -0.118. The molecule has 1 aromatic rings. The number of carbonyl (C=O) groups excluding carboxylic acids is 1. The summed E-state index contributed by atoms with van der Waals surface area (Å²) in [6.07, 6.45) is 5.06. The van der Waals surface area contributed by atoms with E-state index in [9.17, 15) is 4.79 Å². The van der Waals surface area contributed by atoms with Crippen molar-refractivity contribution in [3.8, 4) is 17.2 Å². The van der Waals surface area contributed by atoms with Gasteiger partial charge in [0, 0.05) is 23.4 Å². The van der Waals surface area contributed by atoms with E-state index in [4.69, 9.17) is 14.2 Å². The second kappa shape index (κ2) is 8.91. The molecule has 2 rings (SSSR count). The minimum atomic E-state index is 0.0544. The van der Waals surface area contributed by atoms with Crippen LogP contribution in [0.25, 0.3) is 0 Å². The Balaban J connectivity index is 1.91. The first-order chi connectivity index (χ1) is 11.2. The molecule has 0 radical (unpaired) electrons. The number of carbonyl (C=O) groups is 1. The summed E-state index contributed by atoms with van der Waals surface area (Å²) >= 11 is 1.76. The lowest BCUT2D eigenvalue weighted by Gasteiger charge is -2.15. The first kappa shape index (κ1) is 17.8. The third kappa shape index (κ3) is 4.96. The second-order valence-corrected chi connectivity index (χ2v) is 6.80. The molecule has 0 atom stereocenters. The van der Waals surface area contributed by atoms with E-state index in [1.807, 2.05) is 6.07 Å². The van der Waals surface area contributed by atoms with Crippen LogP contribution in [0, 0.1) is 0 Å². The molecule has 23 heavy (non-hydrogen) atoms. The van der Waals surface area contributed by atoms with Gasteiger partial charge in [-0.3, -0.25) is 4.79 Å². The van der Waals surface area contributed by atoms with E-state index < -0.39 is 0 Å². The highest BCUT2D eigenvalue weighted by Crippen LogP contribution is 2.34. The number of ether oxygens (including phenoxy) is 3. The summed E-state index contributed by atoms with van der Waals surface area (Å²) in [4.78, 5) is 12.0. The molecule has 0 spiro atoms. The van der Waals surface area contributed by atoms with Gasteiger partial charge in [-0.1, -0.05) is 12.8 Å². The molecule has 1 amide bonds. The first-order valence-electron chi connectivity index (χ1n) is 7.85. The number of methoxy groups -OCH3 is 3. The van der Waals surface area contributed by atoms with Gasteiger partial charge in [-0.25, -0.2) is 0 Å². The Kier molecular flexibility index (Phi) is 6.89. The van der Waals surface area contributed by atoms with E-state index in [1.165, 1.54) is 25.7 Å². The maximum absolute atomic E-state index is 12.0. The van der Waals surface area contributed by atoms with E-state index in [2.05, 4.69) is 5.32 Å². The van der Waals surface area contributed by atoms with Gasteiger partial charge in [0.2, 0.25) is 5.91 Å². The second-order valence-electron chi connectivity index (χ2n) is 5.51. The van der Waals surface area contributed by atoms with Gasteiger partial charge in [-0.2, -0.15) is 0 Å². The van der Waals surface area contributed by atoms with Crippen molar-refractivity contribution in [1.29, 1.82) is 0 Å². The number of hydrogen-bond acceptors (Lipinski definition) is 5. The van der Waals surface area contributed by atoms with Crippen molar-refractivity contribution >= 4 is 17.7 Å². The molecule has 0 aliphatic heterocycles. The standard InChI is InChI=1S/C17H25NO4S/c1-20-14-9-16(22-3)15(21-2)8-12(14)10-18-17(19)11-23-13-6-4-5-7-13/h8-9,13H,4-7,10-11H2,1-3H3,(H,18,19). The Morgan fingerprint density at radius 1 is 1.09 bits per heavy atom. The molecular formula is C17H25NO4S. The number of rotatable bonds is 8. The van der Waals surface area contributed by atoms with Crippen LogP contribution in [0.15, 0.2) is 12.1 Å². The van der Waals surface area contributed by atoms with Gasteiger partial charge in [-0.05, 0) is 18.9 Å². The van der Waals surface area contributed by atoms with Gasteiger partial charge >= 0.3 is 0 Å². The van der Waals surface area contributed by atoms with Crippen LogP contribution in [0.4, 0.5) is 0 Å². The lowest BCUT2D eigenvalue weighted by Crippen LogP contribution is -2.25. The Bertz CT molecular complexity index is 530. The number of thioether (sulfide) groups is 1. The minimum absolute atomic E-state index is 0.0544. The molecule has 1 N–H and O–H groups in total. The Hall–Kier alpha value is -1.56. The van der Waals surface area contributed by atoms with Crippen molar-refractivity contribution in [3.63, 3.8) is 0 Å². The van der Waals surface area contributed by atoms with Crippen LogP contribution in [0.3, 0.4) is 0 Å². The van der Waals surface area contributed by atoms with Crippen molar-refractivity contribution in [1.82, 2.24) is 5.32 Å². The highest BCUT2D eigenvalue weighted by atomic mass is 32.2. The van der Waals surface area contributed by atoms with Crippen molar-refractivity contribution < 1.29 is 19.0 Å². The largest absolute Gasteiger partial charge is 0.496 e. The van der Waals surface area contributed by atoms with Gasteiger partial charge in [0.05, 0.1) is 27.1 Å². The summed E-state index contributed by atoms with van der Waals surface area (Å²) in [6, 6.07) is 3.61. The summed E-state index contributed by atoms with van der Waals surface area (Å²) in [5, 5.41) is 3.60. The van der Waals surface area contributed by atoms with Crippen LogP contribution < -0.4 is 19.5 Å². The molecule has 1 aromatic carbocycles. The molecule has 1 fully saturated rings. The Morgan fingerprint density at radius 3 is 2.30 bits per heavy atom. The predicted molar refractivity (Wildman–Crippen MR) is 92.7 cm³/mol. The van der Waals surface area contributed by atoms with E-state index in [-0.39, 0.29) is 5.91 Å². The summed E-state index contributed by atoms with van der Waals surface area (Å²) in [6.45, 7) is 0.410. The highest BCUT2D eigenvalue weighted by molar-refractivity contribution is 8.00. The zero-order valence-corrected chi connectivity index (χ0v) is 14.8. The highest BCUT2D eigenvalue weighted by Gasteiger charge is 2.17. The molecule has 1 aliphatic carbocycles. The van der Waals surface area contributed by atoms with Gasteiger partial charge in [0.25, 0.3) is 0 Å². The average Bonchev–Trinajstić information content (AvgIpc) is 3.10. The SMILES string of the molecule is COc1cc(OC)c(OC)cc1CNC(=O)CSC1CCCC1. The van der Waals surface area contributed by atoms with Crippen LogP contribution >= 0.6 is 11.8 Å². The quantitative estimate of drug-likeness (QED) is 0.789. The fraction of sp³-hybridized carbons (Fsp3) is 0.588. The third-order valence-corrected chi connectivity index (χ3v) is 5.39. The Morgan fingerprint density at radius 2 is 1.70 bits per heavy atom. The molecule has 0 heterocycles. The molecule has 0 unspecified atom stereocenters. The van der Waals surface area contributed by atoms with Crippen molar-refractivity contribution in [3.05, 3.63) is 17.7 Å². The van der Waals surface area contributed by atoms with Crippen molar-refractivity contribution in [2.24, 2.45) is 0 Å². The minimum Gasteiger partial charge on any atom is -0.496 e. The van der Waals surface area contributed by atoms with Crippen LogP contribution in [0.5, 0.6) is 17.2 Å². The van der Waals surface area contributed by atoms with E-state index >= 15 is 0 Å². The van der Waals surface area contributed by atoms with Gasteiger partial charge < -0.3 is 19.5 Å². The molecule has 5 nitrogen and oxygen atoms in total. The normalized spacial score (nSPS) is 14.6. The summed E-state index contributed by atoms with van der Waals surface area (Å²) in [5.41, 5.74) is 0.865. The smallest absolute Gasteiger partial charge is 0.230 e. The number of nitrogens with one attached hydrogen (secondary N) is 1.